The summed E-state index contributed by atoms with van der Waals surface area (Å²) in [5.41, 5.74) is 4.83. The van der Waals surface area contributed by atoms with E-state index >= 15 is 0 Å². The van der Waals surface area contributed by atoms with Gasteiger partial charge in [0.15, 0.2) is 0 Å². The molecule has 6 nitrogen and oxygen atoms in total. The monoisotopic (exact) mass is 489 g/mol. The molecule has 2 heterocycles. The summed E-state index contributed by atoms with van der Waals surface area (Å²) in [6.07, 6.45) is 5.16. The van der Waals surface area contributed by atoms with E-state index in [1.54, 1.807) is 30.3 Å². The van der Waals surface area contributed by atoms with Gasteiger partial charge in [-0.05, 0) is 81.0 Å². The molecule has 35 heavy (non-hydrogen) atoms. The summed E-state index contributed by atoms with van der Waals surface area (Å²) < 4.78 is 29.3. The van der Waals surface area contributed by atoms with Crippen LogP contribution < -0.4 is 14.5 Å². The van der Waals surface area contributed by atoms with Crippen LogP contribution in [0.15, 0.2) is 71.6 Å². The lowest BCUT2D eigenvalue weighted by atomic mass is 10.0. The van der Waals surface area contributed by atoms with Crippen LogP contribution in [-0.4, -0.2) is 34.0 Å². The van der Waals surface area contributed by atoms with E-state index in [9.17, 15) is 13.2 Å². The summed E-state index contributed by atoms with van der Waals surface area (Å²) in [6.45, 7) is 4.30. The molecular weight excluding hydrogens is 458 g/mol. The number of rotatable bonds is 5. The average Bonchev–Trinajstić information content (AvgIpc) is 2.88. The summed E-state index contributed by atoms with van der Waals surface area (Å²) in [4.78, 5) is 17.8. The summed E-state index contributed by atoms with van der Waals surface area (Å²) in [5, 5.41) is 0. The zero-order valence-corrected chi connectivity index (χ0v) is 20.9. The summed E-state index contributed by atoms with van der Waals surface area (Å²) >= 11 is 0. The molecule has 1 saturated heterocycles. The number of amides is 1. The zero-order valence-electron chi connectivity index (χ0n) is 20.0. The zero-order chi connectivity index (χ0) is 24.4. The third kappa shape index (κ3) is 4.91. The van der Waals surface area contributed by atoms with Crippen molar-refractivity contribution in [3.63, 3.8) is 0 Å². The van der Waals surface area contributed by atoms with Crippen molar-refractivity contribution in [2.45, 2.75) is 43.9 Å². The van der Waals surface area contributed by atoms with Crippen LogP contribution in [0.2, 0.25) is 0 Å². The van der Waals surface area contributed by atoms with E-state index in [2.05, 4.69) is 15.7 Å². The Bertz CT molecular complexity index is 1330. The SMILES string of the molecule is Cc1ccc(S(=O)(=O)Nc2cc(C(=O)N3CCCc4ccccc43)ccc2N2CCCCC2)cc1. The maximum Gasteiger partial charge on any atom is 0.261 e. The van der Waals surface area contributed by atoms with E-state index in [4.69, 9.17) is 0 Å². The van der Waals surface area contributed by atoms with Gasteiger partial charge in [0, 0.05) is 30.9 Å². The number of para-hydroxylation sites is 1. The Morgan fingerprint density at radius 3 is 2.34 bits per heavy atom. The topological polar surface area (TPSA) is 69.7 Å². The van der Waals surface area contributed by atoms with Gasteiger partial charge in [0.2, 0.25) is 0 Å². The fraction of sp³-hybridized carbons (Fsp3) is 0.321. The smallest absolute Gasteiger partial charge is 0.261 e. The highest BCUT2D eigenvalue weighted by atomic mass is 32.2. The molecule has 0 spiro atoms. The van der Waals surface area contributed by atoms with E-state index in [0.29, 0.717) is 17.8 Å². The Balaban J connectivity index is 1.52. The number of hydrogen-bond donors (Lipinski definition) is 1. The summed E-state index contributed by atoms with van der Waals surface area (Å²) in [6, 6.07) is 20.2. The van der Waals surface area contributed by atoms with E-state index in [0.717, 1.165) is 61.3 Å². The number of piperidine rings is 1. The van der Waals surface area contributed by atoms with Crippen LogP contribution in [0.3, 0.4) is 0 Å². The van der Waals surface area contributed by atoms with Gasteiger partial charge in [0.25, 0.3) is 15.9 Å². The second-order valence-electron chi connectivity index (χ2n) is 9.39. The number of sulfonamides is 1. The first-order valence-corrected chi connectivity index (χ1v) is 13.8. The van der Waals surface area contributed by atoms with Gasteiger partial charge in [-0.25, -0.2) is 8.42 Å². The third-order valence-corrected chi connectivity index (χ3v) is 8.25. The normalized spacial score (nSPS) is 16.0. The van der Waals surface area contributed by atoms with Crippen molar-refractivity contribution >= 4 is 33.0 Å². The molecular formula is C28H31N3O3S. The fourth-order valence-electron chi connectivity index (χ4n) is 4.98. The molecule has 182 valence electrons. The lowest BCUT2D eigenvalue weighted by molar-refractivity contribution is 0.0985. The number of hydrogen-bond acceptors (Lipinski definition) is 4. The predicted molar refractivity (Wildman–Crippen MR) is 141 cm³/mol. The van der Waals surface area contributed by atoms with Crippen LogP contribution in [0.25, 0.3) is 0 Å². The number of carbonyl (C=O) groups is 1. The minimum atomic E-state index is -3.81. The van der Waals surface area contributed by atoms with Crippen molar-refractivity contribution in [2.24, 2.45) is 0 Å². The van der Waals surface area contributed by atoms with Crippen molar-refractivity contribution in [2.75, 3.05) is 34.2 Å². The van der Waals surface area contributed by atoms with Crippen molar-refractivity contribution in [3.8, 4) is 0 Å². The predicted octanol–water partition coefficient (Wildman–Crippen LogP) is 5.38. The molecule has 0 aromatic heterocycles. The standard InChI is InChI=1S/C28H31N3O3S/c1-21-11-14-24(15-12-21)35(33,34)29-25-20-23(13-16-27(25)30-17-5-2-6-18-30)28(32)31-19-7-9-22-8-3-4-10-26(22)31/h3-4,8,10-16,20,29H,2,5-7,9,17-19H2,1H3. The molecule has 2 aliphatic heterocycles. The first-order chi connectivity index (χ1) is 16.9. The molecule has 0 unspecified atom stereocenters. The maximum absolute atomic E-state index is 13.6. The van der Waals surface area contributed by atoms with Crippen molar-refractivity contribution in [1.82, 2.24) is 0 Å². The highest BCUT2D eigenvalue weighted by molar-refractivity contribution is 7.92. The molecule has 0 atom stereocenters. The molecule has 0 radical (unpaired) electrons. The molecule has 0 aliphatic carbocycles. The number of aryl methyl sites for hydroxylation is 2. The minimum Gasteiger partial charge on any atom is -0.370 e. The number of benzene rings is 3. The van der Waals surface area contributed by atoms with Crippen LogP contribution in [0, 0.1) is 6.92 Å². The third-order valence-electron chi connectivity index (χ3n) is 6.87. The average molecular weight is 490 g/mol. The lowest BCUT2D eigenvalue weighted by Gasteiger charge is -2.32. The second kappa shape index (κ2) is 9.74. The molecule has 2 aliphatic rings. The molecule has 0 bridgehead atoms. The first kappa shape index (κ1) is 23.4. The van der Waals surface area contributed by atoms with Gasteiger partial charge < -0.3 is 9.80 Å². The van der Waals surface area contributed by atoms with Gasteiger partial charge in [0.05, 0.1) is 16.3 Å². The molecule has 1 fully saturated rings. The maximum atomic E-state index is 13.6. The van der Waals surface area contributed by atoms with Gasteiger partial charge in [-0.15, -0.1) is 0 Å². The van der Waals surface area contributed by atoms with Gasteiger partial charge in [-0.3, -0.25) is 9.52 Å². The lowest BCUT2D eigenvalue weighted by Crippen LogP contribution is -2.35. The van der Waals surface area contributed by atoms with Crippen LogP contribution in [0.4, 0.5) is 17.1 Å². The number of carbonyl (C=O) groups excluding carboxylic acids is 1. The number of fused-ring (bicyclic) bond motifs is 1. The van der Waals surface area contributed by atoms with Crippen LogP contribution >= 0.6 is 0 Å². The van der Waals surface area contributed by atoms with Crippen molar-refractivity contribution in [3.05, 3.63) is 83.4 Å². The Kier molecular flexibility index (Phi) is 6.52. The van der Waals surface area contributed by atoms with E-state index < -0.39 is 10.0 Å². The van der Waals surface area contributed by atoms with Gasteiger partial charge in [0.1, 0.15) is 0 Å². The Hall–Kier alpha value is -3.32. The molecule has 3 aromatic rings. The molecule has 1 N–H and O–H groups in total. The summed E-state index contributed by atoms with van der Waals surface area (Å²) in [7, 11) is -3.81. The van der Waals surface area contributed by atoms with E-state index in [1.807, 2.05) is 42.2 Å². The van der Waals surface area contributed by atoms with E-state index in [-0.39, 0.29) is 10.8 Å². The van der Waals surface area contributed by atoms with Crippen LogP contribution in [-0.2, 0) is 16.4 Å². The largest absolute Gasteiger partial charge is 0.370 e. The van der Waals surface area contributed by atoms with Gasteiger partial charge >= 0.3 is 0 Å². The van der Waals surface area contributed by atoms with Crippen molar-refractivity contribution < 1.29 is 13.2 Å². The minimum absolute atomic E-state index is 0.113. The number of nitrogens with one attached hydrogen (secondary N) is 1. The molecule has 5 rings (SSSR count). The molecule has 3 aromatic carbocycles. The second-order valence-corrected chi connectivity index (χ2v) is 11.1. The van der Waals surface area contributed by atoms with Crippen LogP contribution in [0.5, 0.6) is 0 Å². The van der Waals surface area contributed by atoms with Gasteiger partial charge in [-0.2, -0.15) is 0 Å². The quantitative estimate of drug-likeness (QED) is 0.523. The van der Waals surface area contributed by atoms with Crippen molar-refractivity contribution in [1.29, 1.82) is 0 Å². The summed E-state index contributed by atoms with van der Waals surface area (Å²) in [5.74, 6) is -0.113. The Labute approximate surface area is 207 Å². The number of nitrogens with zero attached hydrogens (tertiary/aromatic N) is 2. The fourth-order valence-corrected chi connectivity index (χ4v) is 6.05. The first-order valence-electron chi connectivity index (χ1n) is 12.3. The Morgan fingerprint density at radius 2 is 1.57 bits per heavy atom. The van der Waals surface area contributed by atoms with Gasteiger partial charge in [-0.1, -0.05) is 35.9 Å². The number of anilines is 3. The van der Waals surface area contributed by atoms with E-state index in [1.165, 1.54) is 6.42 Å². The Morgan fingerprint density at radius 1 is 0.829 bits per heavy atom. The van der Waals surface area contributed by atoms with Crippen LogP contribution in [0.1, 0.15) is 47.2 Å². The molecule has 1 amide bonds. The molecule has 0 saturated carbocycles. The highest BCUT2D eigenvalue weighted by Crippen LogP contribution is 2.34. The highest BCUT2D eigenvalue weighted by Gasteiger charge is 2.26. The molecule has 7 heteroatoms.